The van der Waals surface area contributed by atoms with Crippen molar-refractivity contribution in [3.05, 3.63) is 29.3 Å². The standard InChI is InChI=1S/C22H38O5Si/c1-10-25-21(23)20(27-16(2)3)14-17-11-12-19(24-7)18(13-17)15-26-28(8,9)22(4,5)6/h11-13,16,20H,10,14-15H2,1-9H3. The van der Waals surface area contributed by atoms with Crippen molar-refractivity contribution in [2.45, 2.75) is 84.9 Å². The van der Waals surface area contributed by atoms with Crippen molar-refractivity contribution < 1.29 is 23.4 Å². The first-order chi connectivity index (χ1) is 12.9. The second-order valence-electron chi connectivity index (χ2n) is 8.82. The van der Waals surface area contributed by atoms with E-state index in [1.807, 2.05) is 32.0 Å². The minimum atomic E-state index is -1.88. The van der Waals surface area contributed by atoms with Gasteiger partial charge in [0, 0.05) is 12.0 Å². The molecule has 160 valence electrons. The number of esters is 1. The minimum absolute atomic E-state index is 0.0611. The lowest BCUT2D eigenvalue weighted by molar-refractivity contribution is -0.159. The zero-order valence-corrected chi connectivity index (χ0v) is 20.0. The van der Waals surface area contributed by atoms with Crippen molar-refractivity contribution in [3.8, 4) is 5.75 Å². The van der Waals surface area contributed by atoms with Crippen molar-refractivity contribution >= 4 is 14.3 Å². The Balaban J connectivity index is 3.02. The highest BCUT2D eigenvalue weighted by Gasteiger charge is 2.37. The highest BCUT2D eigenvalue weighted by Crippen LogP contribution is 2.37. The zero-order valence-electron chi connectivity index (χ0n) is 19.0. The third-order valence-corrected chi connectivity index (χ3v) is 9.62. The quantitative estimate of drug-likeness (QED) is 0.396. The highest BCUT2D eigenvalue weighted by molar-refractivity contribution is 6.74. The van der Waals surface area contributed by atoms with Crippen molar-refractivity contribution in [3.63, 3.8) is 0 Å². The van der Waals surface area contributed by atoms with Gasteiger partial charge in [0.1, 0.15) is 5.75 Å². The van der Waals surface area contributed by atoms with Crippen LogP contribution in [0.25, 0.3) is 0 Å². The largest absolute Gasteiger partial charge is 0.496 e. The molecular formula is C22H38O5Si. The molecule has 0 N–H and O–H groups in total. The lowest BCUT2D eigenvalue weighted by atomic mass is 10.0. The Bertz CT molecular complexity index is 634. The molecule has 0 saturated carbocycles. The fourth-order valence-electron chi connectivity index (χ4n) is 2.51. The molecule has 6 heteroatoms. The van der Waals surface area contributed by atoms with Crippen LogP contribution in [-0.2, 0) is 31.7 Å². The predicted octanol–water partition coefficient (Wildman–Crippen LogP) is 5.12. The smallest absolute Gasteiger partial charge is 0.335 e. The topological polar surface area (TPSA) is 54.0 Å². The lowest BCUT2D eigenvalue weighted by Gasteiger charge is -2.36. The van der Waals surface area contributed by atoms with Crippen LogP contribution in [0.3, 0.4) is 0 Å². The van der Waals surface area contributed by atoms with E-state index in [-0.39, 0.29) is 17.1 Å². The van der Waals surface area contributed by atoms with Gasteiger partial charge in [0.25, 0.3) is 0 Å². The Morgan fingerprint density at radius 1 is 1.18 bits per heavy atom. The van der Waals surface area contributed by atoms with Gasteiger partial charge >= 0.3 is 5.97 Å². The van der Waals surface area contributed by atoms with Crippen molar-refractivity contribution in [1.82, 2.24) is 0 Å². The van der Waals surface area contributed by atoms with E-state index in [2.05, 4.69) is 33.9 Å². The second kappa shape index (κ2) is 10.4. The van der Waals surface area contributed by atoms with Gasteiger partial charge in [0.05, 0.1) is 26.4 Å². The molecule has 0 saturated heterocycles. The van der Waals surface area contributed by atoms with E-state index < -0.39 is 14.4 Å². The Hall–Kier alpha value is -1.37. The summed E-state index contributed by atoms with van der Waals surface area (Å²) in [6, 6.07) is 5.93. The van der Waals surface area contributed by atoms with Gasteiger partial charge in [-0.1, -0.05) is 26.8 Å². The fraction of sp³-hybridized carbons (Fsp3) is 0.682. The lowest BCUT2D eigenvalue weighted by Crippen LogP contribution is -2.40. The number of rotatable bonds is 10. The van der Waals surface area contributed by atoms with Crippen LogP contribution in [0, 0.1) is 0 Å². The predicted molar refractivity (Wildman–Crippen MR) is 115 cm³/mol. The second-order valence-corrected chi connectivity index (χ2v) is 13.6. The molecule has 5 nitrogen and oxygen atoms in total. The van der Waals surface area contributed by atoms with E-state index in [4.69, 9.17) is 18.6 Å². The van der Waals surface area contributed by atoms with E-state index in [9.17, 15) is 4.79 Å². The van der Waals surface area contributed by atoms with Crippen LogP contribution >= 0.6 is 0 Å². The van der Waals surface area contributed by atoms with Crippen LogP contribution in [-0.4, -0.2) is 40.2 Å². The van der Waals surface area contributed by atoms with Gasteiger partial charge in [-0.15, -0.1) is 0 Å². The van der Waals surface area contributed by atoms with E-state index in [1.165, 1.54) is 0 Å². The molecule has 0 radical (unpaired) electrons. The van der Waals surface area contributed by atoms with Crippen molar-refractivity contribution in [2.75, 3.05) is 13.7 Å². The molecule has 1 rings (SSSR count). The maximum Gasteiger partial charge on any atom is 0.335 e. The maximum atomic E-state index is 12.3. The molecule has 0 aliphatic carbocycles. The van der Waals surface area contributed by atoms with Crippen LogP contribution < -0.4 is 4.74 Å². The molecule has 28 heavy (non-hydrogen) atoms. The van der Waals surface area contributed by atoms with E-state index in [0.717, 1.165) is 16.9 Å². The number of carbonyl (C=O) groups excluding carboxylic acids is 1. The number of ether oxygens (including phenoxy) is 3. The molecule has 0 amide bonds. The van der Waals surface area contributed by atoms with Crippen molar-refractivity contribution in [1.29, 1.82) is 0 Å². The Morgan fingerprint density at radius 3 is 2.32 bits per heavy atom. The SMILES string of the molecule is CCOC(=O)C(Cc1ccc(OC)c(CO[Si](C)(C)C(C)(C)C)c1)OC(C)C. The number of methoxy groups -OCH3 is 1. The molecule has 1 aromatic carbocycles. The molecule has 0 aromatic heterocycles. The summed E-state index contributed by atoms with van der Waals surface area (Å²) >= 11 is 0. The molecule has 0 aliphatic rings. The van der Waals surface area contributed by atoms with Gasteiger partial charge < -0.3 is 18.6 Å². The fourth-order valence-corrected chi connectivity index (χ4v) is 3.46. The first kappa shape index (κ1) is 24.7. The zero-order chi connectivity index (χ0) is 21.5. The summed E-state index contributed by atoms with van der Waals surface area (Å²) in [6.07, 6.45) is -0.231. The number of hydrogen-bond acceptors (Lipinski definition) is 5. The summed E-state index contributed by atoms with van der Waals surface area (Å²) in [4.78, 5) is 12.3. The first-order valence-electron chi connectivity index (χ1n) is 10.0. The average Bonchev–Trinajstić information content (AvgIpc) is 2.58. The minimum Gasteiger partial charge on any atom is -0.496 e. The molecule has 1 unspecified atom stereocenters. The Morgan fingerprint density at radius 2 is 1.82 bits per heavy atom. The summed E-state index contributed by atoms with van der Waals surface area (Å²) in [7, 11) is -0.217. The van der Waals surface area contributed by atoms with Gasteiger partial charge in [-0.05, 0) is 56.6 Å². The Kier molecular flexibility index (Phi) is 9.18. The van der Waals surface area contributed by atoms with Crippen molar-refractivity contribution in [2.24, 2.45) is 0 Å². The molecule has 0 fully saturated rings. The van der Waals surface area contributed by atoms with Crippen LogP contribution in [0.5, 0.6) is 5.75 Å². The van der Waals surface area contributed by atoms with Crippen LogP contribution in [0.15, 0.2) is 18.2 Å². The third kappa shape index (κ3) is 7.22. The summed E-state index contributed by atoms with van der Waals surface area (Å²) in [5, 5.41) is 0.137. The van der Waals surface area contributed by atoms with Crippen LogP contribution in [0.2, 0.25) is 18.1 Å². The first-order valence-corrected chi connectivity index (χ1v) is 12.9. The van der Waals surface area contributed by atoms with Crippen LogP contribution in [0.4, 0.5) is 0 Å². The van der Waals surface area contributed by atoms with E-state index in [0.29, 0.717) is 19.6 Å². The molecule has 0 aliphatic heterocycles. The molecule has 0 spiro atoms. The van der Waals surface area contributed by atoms with Gasteiger partial charge in [0.2, 0.25) is 0 Å². The van der Waals surface area contributed by atoms with Gasteiger partial charge in [-0.25, -0.2) is 4.79 Å². The number of hydrogen-bond donors (Lipinski definition) is 0. The van der Waals surface area contributed by atoms with E-state index >= 15 is 0 Å². The summed E-state index contributed by atoms with van der Waals surface area (Å²) in [5.41, 5.74) is 1.98. The molecule has 0 bridgehead atoms. The molecular weight excluding hydrogens is 372 g/mol. The number of benzene rings is 1. The third-order valence-electron chi connectivity index (χ3n) is 5.15. The molecule has 1 aromatic rings. The number of carbonyl (C=O) groups is 1. The summed E-state index contributed by atoms with van der Waals surface area (Å²) < 4.78 is 22.9. The molecule has 0 heterocycles. The maximum absolute atomic E-state index is 12.3. The summed E-state index contributed by atoms with van der Waals surface area (Å²) in [6.45, 7) is 17.6. The van der Waals surface area contributed by atoms with Gasteiger partial charge in [0.15, 0.2) is 14.4 Å². The normalized spacial score (nSPS) is 13.5. The van der Waals surface area contributed by atoms with Gasteiger partial charge in [-0.3, -0.25) is 0 Å². The molecule has 1 atom stereocenters. The average molecular weight is 411 g/mol. The van der Waals surface area contributed by atoms with Gasteiger partial charge in [-0.2, -0.15) is 0 Å². The van der Waals surface area contributed by atoms with E-state index in [1.54, 1.807) is 14.0 Å². The summed E-state index contributed by atoms with van der Waals surface area (Å²) in [5.74, 6) is 0.464. The monoisotopic (exact) mass is 410 g/mol. The highest BCUT2D eigenvalue weighted by atomic mass is 28.4. The van der Waals surface area contributed by atoms with Crippen LogP contribution in [0.1, 0.15) is 52.7 Å². The Labute approximate surface area is 171 Å².